The zero-order valence-electron chi connectivity index (χ0n) is 20.3. The highest BCUT2D eigenvalue weighted by atomic mass is 79.9. The highest BCUT2D eigenvalue weighted by molar-refractivity contribution is 9.10. The molecule has 0 unspecified atom stereocenters. The van der Waals surface area contributed by atoms with Gasteiger partial charge in [-0.15, -0.1) is 0 Å². The Morgan fingerprint density at radius 3 is 2.32 bits per heavy atom. The Bertz CT molecular complexity index is 1470. The molecule has 4 aromatic rings. The second-order valence-electron chi connectivity index (χ2n) is 7.82. The van der Waals surface area contributed by atoms with Crippen molar-refractivity contribution < 1.29 is 17.9 Å². The monoisotopic (exact) mass is 662 g/mol. The van der Waals surface area contributed by atoms with Gasteiger partial charge < -0.3 is 14.8 Å². The number of nitrogens with one attached hydrogen (secondary N) is 2. The maximum absolute atomic E-state index is 13.5. The lowest BCUT2D eigenvalue weighted by molar-refractivity contribution is 0.202. The standard InChI is InChI=1S/C25H24Br2N6O4S/c1-2-11-28-20-5-3-4-6-21(20)38(34,35)33-23-22(17-7-9-18(26)10-8-17)24(32-16-31-23)36-12-13-37-25-29-14-19(27)15-30-25/h3-10,14-16,28H,2,11-13H2,1H3,(H,31,32,33). The van der Waals surface area contributed by atoms with Crippen LogP contribution in [0.1, 0.15) is 13.3 Å². The second kappa shape index (κ2) is 13.0. The summed E-state index contributed by atoms with van der Waals surface area (Å²) in [7, 11) is -4.01. The fourth-order valence-electron chi connectivity index (χ4n) is 3.37. The summed E-state index contributed by atoms with van der Waals surface area (Å²) >= 11 is 6.70. The molecule has 0 spiro atoms. The normalized spacial score (nSPS) is 11.1. The number of para-hydroxylation sites is 1. The summed E-state index contributed by atoms with van der Waals surface area (Å²) in [5, 5.41) is 3.16. The minimum atomic E-state index is -4.01. The van der Waals surface area contributed by atoms with Crippen LogP contribution in [0.5, 0.6) is 11.9 Å². The number of anilines is 2. The van der Waals surface area contributed by atoms with Gasteiger partial charge in [-0.05, 0) is 52.2 Å². The number of aromatic nitrogens is 4. The summed E-state index contributed by atoms with van der Waals surface area (Å²) in [5.74, 6) is 0.275. The first-order chi connectivity index (χ1) is 18.4. The zero-order chi connectivity index (χ0) is 27.0. The van der Waals surface area contributed by atoms with E-state index in [2.05, 4.69) is 61.8 Å². The lowest BCUT2D eigenvalue weighted by Crippen LogP contribution is -2.18. The van der Waals surface area contributed by atoms with E-state index >= 15 is 0 Å². The van der Waals surface area contributed by atoms with E-state index < -0.39 is 10.0 Å². The van der Waals surface area contributed by atoms with E-state index in [4.69, 9.17) is 9.47 Å². The molecule has 10 nitrogen and oxygen atoms in total. The molecule has 0 bridgehead atoms. The molecule has 4 rings (SSSR count). The van der Waals surface area contributed by atoms with Crippen LogP contribution in [0.15, 0.2) is 81.1 Å². The van der Waals surface area contributed by atoms with Crippen LogP contribution < -0.4 is 19.5 Å². The molecule has 0 radical (unpaired) electrons. The molecular formula is C25H24Br2N6O4S. The van der Waals surface area contributed by atoms with Gasteiger partial charge in [0.1, 0.15) is 24.4 Å². The summed E-state index contributed by atoms with van der Waals surface area (Å²) in [6, 6.07) is 14.2. The predicted molar refractivity (Wildman–Crippen MR) is 152 cm³/mol. The van der Waals surface area contributed by atoms with Crippen LogP contribution >= 0.6 is 31.9 Å². The lowest BCUT2D eigenvalue weighted by atomic mass is 10.1. The van der Waals surface area contributed by atoms with Gasteiger partial charge in [0.2, 0.25) is 5.88 Å². The molecule has 0 saturated heterocycles. The van der Waals surface area contributed by atoms with Gasteiger partial charge in [-0.1, -0.05) is 47.1 Å². The third-order valence-corrected chi connectivity index (χ3v) is 7.40. The van der Waals surface area contributed by atoms with Crippen LogP contribution in [0.3, 0.4) is 0 Å². The Balaban J connectivity index is 1.62. The number of benzene rings is 2. The number of ether oxygens (including phenoxy) is 2. The minimum Gasteiger partial charge on any atom is -0.473 e. The Morgan fingerprint density at radius 2 is 1.58 bits per heavy atom. The van der Waals surface area contributed by atoms with Gasteiger partial charge in [0, 0.05) is 23.4 Å². The topological polar surface area (TPSA) is 128 Å². The van der Waals surface area contributed by atoms with Gasteiger partial charge in [0.05, 0.1) is 15.7 Å². The van der Waals surface area contributed by atoms with Crippen molar-refractivity contribution >= 4 is 53.4 Å². The molecular weight excluding hydrogens is 640 g/mol. The smallest absolute Gasteiger partial charge is 0.316 e. The molecule has 0 fully saturated rings. The van der Waals surface area contributed by atoms with Crippen molar-refractivity contribution in [2.75, 3.05) is 29.8 Å². The van der Waals surface area contributed by atoms with Gasteiger partial charge in [0.25, 0.3) is 10.0 Å². The van der Waals surface area contributed by atoms with E-state index in [0.29, 0.717) is 23.4 Å². The van der Waals surface area contributed by atoms with Gasteiger partial charge in [0.15, 0.2) is 5.82 Å². The summed E-state index contributed by atoms with van der Waals surface area (Å²) in [6.45, 7) is 2.89. The van der Waals surface area contributed by atoms with Crippen molar-refractivity contribution in [2.45, 2.75) is 18.2 Å². The highest BCUT2D eigenvalue weighted by Crippen LogP contribution is 2.36. The molecule has 198 valence electrons. The van der Waals surface area contributed by atoms with Crippen LogP contribution in [0.25, 0.3) is 11.1 Å². The van der Waals surface area contributed by atoms with E-state index in [1.807, 2.05) is 31.2 Å². The predicted octanol–water partition coefficient (Wildman–Crippen LogP) is 5.54. The summed E-state index contributed by atoms with van der Waals surface area (Å²) in [6.07, 6.45) is 5.25. The molecule has 38 heavy (non-hydrogen) atoms. The summed E-state index contributed by atoms with van der Waals surface area (Å²) in [4.78, 5) is 16.8. The highest BCUT2D eigenvalue weighted by Gasteiger charge is 2.23. The van der Waals surface area contributed by atoms with Crippen LogP contribution in [0.4, 0.5) is 11.5 Å². The second-order valence-corrected chi connectivity index (χ2v) is 11.3. The number of rotatable bonds is 12. The molecule has 2 heterocycles. The number of halogens is 2. The summed E-state index contributed by atoms with van der Waals surface area (Å²) < 4.78 is 42.6. The zero-order valence-corrected chi connectivity index (χ0v) is 24.3. The first-order valence-corrected chi connectivity index (χ1v) is 14.6. The Hall–Kier alpha value is -3.29. The molecule has 2 aromatic carbocycles. The quantitative estimate of drug-likeness (QED) is 0.188. The molecule has 13 heteroatoms. The Morgan fingerprint density at radius 1 is 0.868 bits per heavy atom. The number of hydrogen-bond donors (Lipinski definition) is 2. The average Bonchev–Trinajstić information content (AvgIpc) is 2.91. The fourth-order valence-corrected chi connectivity index (χ4v) is 5.04. The van der Waals surface area contributed by atoms with Gasteiger partial charge in [-0.25, -0.2) is 28.4 Å². The van der Waals surface area contributed by atoms with E-state index in [1.165, 1.54) is 6.33 Å². The number of hydrogen-bond acceptors (Lipinski definition) is 9. The molecule has 0 aliphatic rings. The van der Waals surface area contributed by atoms with E-state index in [-0.39, 0.29) is 35.8 Å². The first-order valence-electron chi connectivity index (χ1n) is 11.6. The van der Waals surface area contributed by atoms with Crippen molar-refractivity contribution in [3.63, 3.8) is 0 Å². The molecule has 0 aliphatic carbocycles. The van der Waals surface area contributed by atoms with Crippen molar-refractivity contribution in [1.82, 2.24) is 19.9 Å². The lowest BCUT2D eigenvalue weighted by Gasteiger charge is -2.17. The SMILES string of the molecule is CCCNc1ccccc1S(=O)(=O)Nc1ncnc(OCCOc2ncc(Br)cn2)c1-c1ccc(Br)cc1. The third kappa shape index (κ3) is 7.17. The molecule has 0 amide bonds. The first kappa shape index (κ1) is 27.7. The molecule has 0 saturated carbocycles. The van der Waals surface area contributed by atoms with Gasteiger partial charge in [-0.3, -0.25) is 4.72 Å². The molecule has 2 aromatic heterocycles. The van der Waals surface area contributed by atoms with E-state index in [1.54, 1.807) is 36.7 Å². The molecule has 2 N–H and O–H groups in total. The minimum absolute atomic E-state index is 0.0831. The van der Waals surface area contributed by atoms with Crippen LogP contribution in [0, 0.1) is 0 Å². The summed E-state index contributed by atoms with van der Waals surface area (Å²) in [5.41, 5.74) is 1.56. The molecule has 0 aliphatic heterocycles. The Labute approximate surface area is 237 Å². The number of sulfonamides is 1. The van der Waals surface area contributed by atoms with Crippen LogP contribution in [0.2, 0.25) is 0 Å². The van der Waals surface area contributed by atoms with Gasteiger partial charge in [-0.2, -0.15) is 0 Å². The van der Waals surface area contributed by atoms with Crippen molar-refractivity contribution in [3.8, 4) is 23.0 Å². The van der Waals surface area contributed by atoms with E-state index in [0.717, 1.165) is 15.4 Å². The van der Waals surface area contributed by atoms with Crippen molar-refractivity contribution in [1.29, 1.82) is 0 Å². The maximum Gasteiger partial charge on any atom is 0.316 e. The maximum atomic E-state index is 13.5. The van der Waals surface area contributed by atoms with Crippen molar-refractivity contribution in [2.24, 2.45) is 0 Å². The average molecular weight is 664 g/mol. The fraction of sp³-hybridized carbons (Fsp3) is 0.200. The van der Waals surface area contributed by atoms with Crippen molar-refractivity contribution in [3.05, 3.63) is 76.2 Å². The molecule has 0 atom stereocenters. The Kier molecular flexibility index (Phi) is 9.48. The van der Waals surface area contributed by atoms with Crippen LogP contribution in [-0.4, -0.2) is 48.1 Å². The number of nitrogens with zero attached hydrogens (tertiary/aromatic N) is 4. The largest absolute Gasteiger partial charge is 0.473 e. The third-order valence-electron chi connectivity index (χ3n) is 5.07. The van der Waals surface area contributed by atoms with E-state index in [9.17, 15) is 8.42 Å². The van der Waals surface area contributed by atoms with Crippen LogP contribution in [-0.2, 0) is 10.0 Å². The van der Waals surface area contributed by atoms with Gasteiger partial charge >= 0.3 is 6.01 Å².